The van der Waals surface area contributed by atoms with Gasteiger partial charge in [0.25, 0.3) is 5.91 Å². The van der Waals surface area contributed by atoms with Crippen molar-refractivity contribution >= 4 is 17.5 Å². The molecule has 0 aliphatic carbocycles. The van der Waals surface area contributed by atoms with E-state index in [2.05, 4.69) is 10.6 Å². The van der Waals surface area contributed by atoms with E-state index in [4.69, 9.17) is 0 Å². The topological polar surface area (TPSA) is 58.2 Å². The van der Waals surface area contributed by atoms with Crippen LogP contribution in [-0.4, -0.2) is 17.9 Å². The zero-order chi connectivity index (χ0) is 16.8. The number of hydrogen-bond acceptors (Lipinski definition) is 2. The van der Waals surface area contributed by atoms with Crippen LogP contribution in [0.4, 0.5) is 10.1 Å². The van der Waals surface area contributed by atoms with Crippen LogP contribution in [0.3, 0.4) is 0 Å². The fraction of sp³-hybridized carbons (Fsp3) is 0.222. The van der Waals surface area contributed by atoms with E-state index in [1.165, 1.54) is 24.3 Å². The fourth-order valence-electron chi connectivity index (χ4n) is 2.10. The van der Waals surface area contributed by atoms with Crippen LogP contribution in [0.1, 0.15) is 24.2 Å². The Hall–Kier alpha value is -2.69. The van der Waals surface area contributed by atoms with Crippen LogP contribution in [0.5, 0.6) is 0 Å². The minimum Gasteiger partial charge on any atom is -0.340 e. The van der Waals surface area contributed by atoms with Crippen LogP contribution in [0, 0.1) is 11.7 Å². The molecule has 2 N–H and O–H groups in total. The molecule has 0 fully saturated rings. The number of halogens is 1. The molecule has 5 heteroatoms. The average Bonchev–Trinajstić information content (AvgIpc) is 2.55. The second-order valence-corrected chi connectivity index (χ2v) is 5.56. The molecule has 2 aromatic carbocycles. The number of amides is 2. The lowest BCUT2D eigenvalue weighted by molar-refractivity contribution is -0.118. The molecular weight excluding hydrogens is 295 g/mol. The van der Waals surface area contributed by atoms with Gasteiger partial charge in [-0.05, 0) is 42.3 Å². The second-order valence-electron chi connectivity index (χ2n) is 5.56. The first kappa shape index (κ1) is 16.7. The molecule has 0 spiro atoms. The Labute approximate surface area is 134 Å². The smallest absolute Gasteiger partial charge is 0.251 e. The van der Waals surface area contributed by atoms with E-state index >= 15 is 0 Å². The molecule has 120 valence electrons. The Morgan fingerprint density at radius 3 is 2.13 bits per heavy atom. The highest BCUT2D eigenvalue weighted by Gasteiger charge is 2.24. The van der Waals surface area contributed by atoms with Crippen molar-refractivity contribution in [3.63, 3.8) is 0 Å². The highest BCUT2D eigenvalue weighted by molar-refractivity contribution is 6.01. The molecule has 0 aromatic heterocycles. The van der Waals surface area contributed by atoms with Gasteiger partial charge >= 0.3 is 0 Å². The molecule has 0 radical (unpaired) electrons. The summed E-state index contributed by atoms with van der Waals surface area (Å²) in [6, 6.07) is 13.5. The van der Waals surface area contributed by atoms with Crippen molar-refractivity contribution in [2.24, 2.45) is 5.92 Å². The first-order valence-corrected chi connectivity index (χ1v) is 7.39. The summed E-state index contributed by atoms with van der Waals surface area (Å²) in [4.78, 5) is 24.6. The number of carbonyl (C=O) groups is 2. The molecule has 4 nitrogen and oxygen atoms in total. The normalized spacial score (nSPS) is 11.8. The second kappa shape index (κ2) is 7.54. The summed E-state index contributed by atoms with van der Waals surface area (Å²) in [6.45, 7) is 3.69. The predicted molar refractivity (Wildman–Crippen MR) is 87.6 cm³/mol. The monoisotopic (exact) mass is 314 g/mol. The van der Waals surface area contributed by atoms with Crippen molar-refractivity contribution in [3.05, 3.63) is 66.0 Å². The largest absolute Gasteiger partial charge is 0.340 e. The Morgan fingerprint density at radius 1 is 0.957 bits per heavy atom. The maximum Gasteiger partial charge on any atom is 0.251 e. The molecule has 0 aliphatic heterocycles. The molecular formula is C18H19FN2O2. The average molecular weight is 314 g/mol. The van der Waals surface area contributed by atoms with Gasteiger partial charge in [0.2, 0.25) is 5.91 Å². The summed E-state index contributed by atoms with van der Waals surface area (Å²) in [7, 11) is 0. The van der Waals surface area contributed by atoms with Gasteiger partial charge in [-0.15, -0.1) is 0 Å². The van der Waals surface area contributed by atoms with E-state index < -0.39 is 6.04 Å². The van der Waals surface area contributed by atoms with Crippen LogP contribution in [0.2, 0.25) is 0 Å². The van der Waals surface area contributed by atoms with E-state index in [1.54, 1.807) is 24.3 Å². The molecule has 1 atom stereocenters. The van der Waals surface area contributed by atoms with Gasteiger partial charge < -0.3 is 10.6 Å². The van der Waals surface area contributed by atoms with Gasteiger partial charge in [0, 0.05) is 11.3 Å². The zero-order valence-electron chi connectivity index (χ0n) is 13.0. The summed E-state index contributed by atoms with van der Waals surface area (Å²) in [5.41, 5.74) is 0.976. The highest BCUT2D eigenvalue weighted by Crippen LogP contribution is 2.11. The first-order chi connectivity index (χ1) is 11.0. The third kappa shape index (κ3) is 4.64. The molecule has 0 bridgehead atoms. The van der Waals surface area contributed by atoms with Gasteiger partial charge in [0.1, 0.15) is 11.9 Å². The summed E-state index contributed by atoms with van der Waals surface area (Å²) in [6.07, 6.45) is 0. The Bertz CT molecular complexity index is 669. The highest BCUT2D eigenvalue weighted by atomic mass is 19.1. The first-order valence-electron chi connectivity index (χ1n) is 7.39. The van der Waals surface area contributed by atoms with Crippen LogP contribution < -0.4 is 10.6 Å². The third-order valence-electron chi connectivity index (χ3n) is 3.38. The molecule has 2 aromatic rings. The maximum absolute atomic E-state index is 12.9. The van der Waals surface area contributed by atoms with Crippen molar-refractivity contribution in [3.8, 4) is 0 Å². The lowest BCUT2D eigenvalue weighted by atomic mass is 10.0. The number of carbonyl (C=O) groups excluding carboxylic acids is 2. The van der Waals surface area contributed by atoms with Gasteiger partial charge in [0.15, 0.2) is 0 Å². The van der Waals surface area contributed by atoms with E-state index in [1.807, 2.05) is 19.9 Å². The quantitative estimate of drug-likeness (QED) is 0.890. The van der Waals surface area contributed by atoms with Crippen molar-refractivity contribution < 1.29 is 14.0 Å². The van der Waals surface area contributed by atoms with Gasteiger partial charge in [-0.2, -0.15) is 0 Å². The molecule has 2 rings (SSSR count). The van der Waals surface area contributed by atoms with Crippen molar-refractivity contribution in [1.82, 2.24) is 5.32 Å². The van der Waals surface area contributed by atoms with E-state index in [-0.39, 0.29) is 23.5 Å². The Kier molecular flexibility index (Phi) is 5.46. The lowest BCUT2D eigenvalue weighted by Gasteiger charge is -2.21. The van der Waals surface area contributed by atoms with E-state index in [0.29, 0.717) is 11.3 Å². The molecule has 2 amide bonds. The van der Waals surface area contributed by atoms with Crippen LogP contribution in [0.25, 0.3) is 0 Å². The molecule has 0 saturated heterocycles. The molecule has 23 heavy (non-hydrogen) atoms. The Balaban J connectivity index is 2.07. The molecule has 0 heterocycles. The third-order valence-corrected chi connectivity index (χ3v) is 3.38. The van der Waals surface area contributed by atoms with Crippen molar-refractivity contribution in [2.75, 3.05) is 5.32 Å². The van der Waals surface area contributed by atoms with Gasteiger partial charge in [-0.1, -0.05) is 32.0 Å². The summed E-state index contributed by atoms with van der Waals surface area (Å²) >= 11 is 0. The maximum atomic E-state index is 12.9. The molecule has 1 unspecified atom stereocenters. The zero-order valence-corrected chi connectivity index (χ0v) is 13.0. The van der Waals surface area contributed by atoms with Gasteiger partial charge in [0.05, 0.1) is 0 Å². The number of anilines is 1. The predicted octanol–water partition coefficient (Wildman–Crippen LogP) is 3.22. The van der Waals surface area contributed by atoms with Crippen LogP contribution in [-0.2, 0) is 4.79 Å². The van der Waals surface area contributed by atoms with Crippen LogP contribution in [0.15, 0.2) is 54.6 Å². The van der Waals surface area contributed by atoms with Crippen molar-refractivity contribution in [2.45, 2.75) is 19.9 Å². The molecule has 0 aliphatic rings. The Morgan fingerprint density at radius 2 is 1.57 bits per heavy atom. The lowest BCUT2D eigenvalue weighted by Crippen LogP contribution is -2.47. The minimum absolute atomic E-state index is 0.0943. The fourth-order valence-corrected chi connectivity index (χ4v) is 2.10. The summed E-state index contributed by atoms with van der Waals surface area (Å²) in [5, 5.41) is 5.43. The SMILES string of the molecule is CC(C)C(NC(=O)c1ccccc1)C(=O)Nc1ccc(F)cc1. The van der Waals surface area contributed by atoms with Crippen molar-refractivity contribution in [1.29, 1.82) is 0 Å². The molecule has 0 saturated carbocycles. The van der Waals surface area contributed by atoms with Gasteiger partial charge in [-0.3, -0.25) is 9.59 Å². The number of benzene rings is 2. The van der Waals surface area contributed by atoms with E-state index in [9.17, 15) is 14.0 Å². The number of nitrogens with one attached hydrogen (secondary N) is 2. The summed E-state index contributed by atoms with van der Waals surface area (Å²) in [5.74, 6) is -1.11. The summed E-state index contributed by atoms with van der Waals surface area (Å²) < 4.78 is 12.9. The standard InChI is InChI=1S/C18H19FN2O2/c1-12(2)16(21-17(22)13-6-4-3-5-7-13)18(23)20-15-10-8-14(19)9-11-15/h3-12,16H,1-2H3,(H,20,23)(H,21,22). The van der Waals surface area contributed by atoms with Crippen LogP contribution >= 0.6 is 0 Å². The van der Waals surface area contributed by atoms with Gasteiger partial charge in [-0.25, -0.2) is 4.39 Å². The van der Waals surface area contributed by atoms with E-state index in [0.717, 1.165) is 0 Å². The number of rotatable bonds is 5. The number of hydrogen-bond donors (Lipinski definition) is 2. The minimum atomic E-state index is -0.687.